The maximum Gasteiger partial charge on any atom is 0.226 e. The maximum atomic E-state index is 12.4. The molecule has 4 nitrogen and oxygen atoms in total. The molecule has 1 aliphatic rings. The van der Waals surface area contributed by atoms with Gasteiger partial charge in [0.05, 0.1) is 12.5 Å². The van der Waals surface area contributed by atoms with Crippen LogP contribution in [0.3, 0.4) is 0 Å². The third kappa shape index (κ3) is 4.73. The molecule has 1 amide bonds. The van der Waals surface area contributed by atoms with Crippen molar-refractivity contribution in [2.24, 2.45) is 11.7 Å². The molecule has 0 radical (unpaired) electrons. The van der Waals surface area contributed by atoms with Gasteiger partial charge in [0, 0.05) is 19.1 Å². The van der Waals surface area contributed by atoms with Gasteiger partial charge in [-0.15, -0.1) is 0 Å². The van der Waals surface area contributed by atoms with Crippen LogP contribution in [0.5, 0.6) is 5.75 Å². The van der Waals surface area contributed by atoms with E-state index in [0.717, 1.165) is 37.2 Å². The van der Waals surface area contributed by atoms with E-state index in [1.54, 1.807) is 0 Å². The van der Waals surface area contributed by atoms with E-state index in [1.807, 2.05) is 43.0 Å². The first-order valence-corrected chi connectivity index (χ1v) is 8.24. The second kappa shape index (κ2) is 7.63. The van der Waals surface area contributed by atoms with Crippen LogP contribution < -0.4 is 10.5 Å². The number of hydrogen-bond donors (Lipinski definition) is 1. The lowest BCUT2D eigenvalue weighted by molar-refractivity contribution is -0.131. The second-order valence-corrected chi connectivity index (χ2v) is 6.57. The molecule has 1 aliphatic heterocycles. The zero-order valence-corrected chi connectivity index (χ0v) is 13.9. The van der Waals surface area contributed by atoms with Crippen LogP contribution in [-0.4, -0.2) is 36.0 Å². The van der Waals surface area contributed by atoms with Crippen molar-refractivity contribution in [3.05, 3.63) is 29.8 Å². The molecule has 4 heteroatoms. The molecule has 1 heterocycles. The number of rotatable bonds is 5. The lowest BCUT2D eigenvalue weighted by atomic mass is 9.91. The smallest absolute Gasteiger partial charge is 0.226 e. The van der Waals surface area contributed by atoms with E-state index in [0.29, 0.717) is 12.3 Å². The Hall–Kier alpha value is -1.55. The van der Waals surface area contributed by atoms with Crippen molar-refractivity contribution in [3.63, 3.8) is 0 Å². The first-order valence-electron chi connectivity index (χ1n) is 8.24. The minimum Gasteiger partial charge on any atom is -0.491 e. The van der Waals surface area contributed by atoms with Crippen molar-refractivity contribution < 1.29 is 9.53 Å². The Morgan fingerprint density at radius 1 is 1.32 bits per heavy atom. The summed E-state index contributed by atoms with van der Waals surface area (Å²) in [7, 11) is 0. The Morgan fingerprint density at radius 2 is 2.00 bits per heavy atom. The summed E-state index contributed by atoms with van der Waals surface area (Å²) in [5.41, 5.74) is 6.96. The molecule has 0 spiro atoms. The lowest BCUT2D eigenvalue weighted by Crippen LogP contribution is -2.43. The normalized spacial score (nSPS) is 17.6. The molecule has 0 aromatic heterocycles. The number of carbonyl (C=O) groups is 1. The Kier molecular flexibility index (Phi) is 5.83. The lowest BCUT2D eigenvalue weighted by Gasteiger charge is -2.33. The van der Waals surface area contributed by atoms with Gasteiger partial charge < -0.3 is 15.4 Å². The van der Waals surface area contributed by atoms with Gasteiger partial charge in [0.2, 0.25) is 5.91 Å². The van der Waals surface area contributed by atoms with Crippen LogP contribution in [0.4, 0.5) is 0 Å². The Labute approximate surface area is 133 Å². The number of nitrogens with two attached hydrogens (primary N) is 1. The number of piperidine rings is 1. The van der Waals surface area contributed by atoms with Crippen LogP contribution in [0, 0.1) is 5.92 Å². The summed E-state index contributed by atoms with van der Waals surface area (Å²) in [4.78, 5) is 14.4. The van der Waals surface area contributed by atoms with Gasteiger partial charge >= 0.3 is 0 Å². The highest BCUT2D eigenvalue weighted by atomic mass is 16.5. The number of amides is 1. The number of ether oxygens (including phenoxy) is 1. The maximum absolute atomic E-state index is 12.4. The van der Waals surface area contributed by atoms with Gasteiger partial charge in [-0.05, 0) is 57.2 Å². The predicted molar refractivity (Wildman–Crippen MR) is 88.9 cm³/mol. The van der Waals surface area contributed by atoms with Gasteiger partial charge in [-0.3, -0.25) is 4.79 Å². The van der Waals surface area contributed by atoms with Gasteiger partial charge in [0.1, 0.15) is 5.75 Å². The third-order valence-electron chi connectivity index (χ3n) is 4.26. The highest BCUT2D eigenvalue weighted by Crippen LogP contribution is 2.21. The summed E-state index contributed by atoms with van der Waals surface area (Å²) in [6, 6.07) is 8.05. The largest absolute Gasteiger partial charge is 0.491 e. The number of nitrogens with zero attached hydrogens (tertiary/aromatic N) is 1. The minimum atomic E-state index is 0.142. The van der Waals surface area contributed by atoms with Gasteiger partial charge in [-0.2, -0.15) is 0 Å². The van der Waals surface area contributed by atoms with E-state index in [2.05, 4.69) is 6.92 Å². The van der Waals surface area contributed by atoms with E-state index in [4.69, 9.17) is 10.5 Å². The van der Waals surface area contributed by atoms with Crippen LogP contribution in [0.25, 0.3) is 0 Å². The minimum absolute atomic E-state index is 0.142. The van der Waals surface area contributed by atoms with Crippen molar-refractivity contribution in [2.45, 2.75) is 52.2 Å². The fourth-order valence-corrected chi connectivity index (χ4v) is 2.96. The van der Waals surface area contributed by atoms with E-state index in [-0.39, 0.29) is 18.1 Å². The summed E-state index contributed by atoms with van der Waals surface area (Å²) in [6.45, 7) is 7.71. The van der Waals surface area contributed by atoms with E-state index in [1.165, 1.54) is 0 Å². The highest BCUT2D eigenvalue weighted by Gasteiger charge is 2.24. The summed E-state index contributed by atoms with van der Waals surface area (Å²) < 4.78 is 5.68. The molecule has 2 N–H and O–H groups in total. The van der Waals surface area contributed by atoms with Crippen LogP contribution >= 0.6 is 0 Å². The van der Waals surface area contributed by atoms with E-state index >= 15 is 0 Å². The van der Waals surface area contributed by atoms with Gasteiger partial charge in [-0.1, -0.05) is 12.1 Å². The number of likely N-dealkylation sites (tertiary alicyclic amines) is 1. The highest BCUT2D eigenvalue weighted by molar-refractivity contribution is 5.79. The molecule has 1 saturated heterocycles. The Morgan fingerprint density at radius 3 is 2.59 bits per heavy atom. The molecule has 2 rings (SSSR count). The van der Waals surface area contributed by atoms with Crippen LogP contribution in [0.2, 0.25) is 0 Å². The standard InChI is InChI=1S/C18H28N2O2/c1-13(2)22-17-6-4-5-15(11-17)12-18(21)20-9-7-16(8-10-20)14(3)19/h4-6,11,13-14,16H,7-10,12,19H2,1-3H3. The number of hydrogen-bond acceptors (Lipinski definition) is 3. The molecule has 0 aliphatic carbocycles. The third-order valence-corrected chi connectivity index (χ3v) is 4.26. The molecule has 1 unspecified atom stereocenters. The summed E-state index contributed by atoms with van der Waals surface area (Å²) in [6.07, 6.45) is 2.61. The van der Waals surface area contributed by atoms with Crippen LogP contribution in [0.15, 0.2) is 24.3 Å². The molecule has 1 aromatic carbocycles. The molecule has 1 aromatic rings. The molecule has 1 fully saturated rings. The van der Waals surface area contributed by atoms with Gasteiger partial charge in [-0.25, -0.2) is 0 Å². The average molecular weight is 304 g/mol. The molecular formula is C18H28N2O2. The Balaban J connectivity index is 1.90. The van der Waals surface area contributed by atoms with E-state index < -0.39 is 0 Å². The quantitative estimate of drug-likeness (QED) is 0.909. The summed E-state index contributed by atoms with van der Waals surface area (Å²) >= 11 is 0. The first kappa shape index (κ1) is 16.8. The van der Waals surface area contributed by atoms with Crippen molar-refractivity contribution in [1.29, 1.82) is 0 Å². The zero-order chi connectivity index (χ0) is 16.1. The zero-order valence-electron chi connectivity index (χ0n) is 13.9. The van der Waals surface area contributed by atoms with Crippen LogP contribution in [-0.2, 0) is 11.2 Å². The molecule has 1 atom stereocenters. The van der Waals surface area contributed by atoms with Crippen molar-refractivity contribution in [2.75, 3.05) is 13.1 Å². The fourth-order valence-electron chi connectivity index (χ4n) is 2.96. The molecule has 122 valence electrons. The second-order valence-electron chi connectivity index (χ2n) is 6.57. The monoisotopic (exact) mass is 304 g/mol. The summed E-state index contributed by atoms with van der Waals surface area (Å²) in [5, 5.41) is 0. The topological polar surface area (TPSA) is 55.6 Å². The average Bonchev–Trinajstić information content (AvgIpc) is 2.47. The number of benzene rings is 1. The van der Waals surface area contributed by atoms with E-state index in [9.17, 15) is 4.79 Å². The molecule has 22 heavy (non-hydrogen) atoms. The van der Waals surface area contributed by atoms with Crippen molar-refractivity contribution >= 4 is 5.91 Å². The first-order chi connectivity index (χ1) is 10.5. The number of carbonyl (C=O) groups excluding carboxylic acids is 1. The Bertz CT molecular complexity index is 492. The summed E-state index contributed by atoms with van der Waals surface area (Å²) in [5.74, 6) is 1.58. The fraction of sp³-hybridized carbons (Fsp3) is 0.611. The van der Waals surface area contributed by atoms with Crippen molar-refractivity contribution in [3.8, 4) is 5.75 Å². The molecular weight excluding hydrogens is 276 g/mol. The van der Waals surface area contributed by atoms with Gasteiger partial charge in [0.15, 0.2) is 0 Å². The SMILES string of the molecule is CC(C)Oc1cccc(CC(=O)N2CCC(C(C)N)CC2)c1. The van der Waals surface area contributed by atoms with Crippen molar-refractivity contribution in [1.82, 2.24) is 4.90 Å². The molecule has 0 saturated carbocycles. The van der Waals surface area contributed by atoms with Crippen LogP contribution in [0.1, 0.15) is 39.2 Å². The van der Waals surface area contributed by atoms with Gasteiger partial charge in [0.25, 0.3) is 0 Å². The molecule has 0 bridgehead atoms. The predicted octanol–water partition coefficient (Wildman–Crippen LogP) is 2.60.